The van der Waals surface area contributed by atoms with Gasteiger partial charge in [0.1, 0.15) is 16.8 Å². The van der Waals surface area contributed by atoms with Crippen molar-refractivity contribution in [3.05, 3.63) is 87.2 Å². The van der Waals surface area contributed by atoms with Crippen LogP contribution in [0.25, 0.3) is 0 Å². The molecule has 4 rings (SSSR count). The highest BCUT2D eigenvalue weighted by atomic mass is 35.5. The Kier molecular flexibility index (Phi) is 10.0. The Morgan fingerprint density at radius 1 is 0.889 bits per heavy atom. The second-order valence-corrected chi connectivity index (χ2v) is 12.6. The molecular weight excluding hydrogens is 699 g/mol. The van der Waals surface area contributed by atoms with E-state index >= 15 is 0 Å². The number of aliphatic imine (C=N–C) groups is 1. The smallest absolute Gasteiger partial charge is 0.338 e. The molecule has 0 fully saturated rings. The van der Waals surface area contributed by atoms with Crippen molar-refractivity contribution in [2.24, 2.45) is 15.2 Å². The van der Waals surface area contributed by atoms with Gasteiger partial charge in [0.25, 0.3) is 20.2 Å². The topological polar surface area (TPSA) is 241 Å². The Morgan fingerprint density at radius 3 is 2.18 bits per heavy atom. The van der Waals surface area contributed by atoms with Gasteiger partial charge in [-0.25, -0.2) is 9.78 Å². The van der Waals surface area contributed by atoms with E-state index in [1.807, 2.05) is 0 Å². The fourth-order valence-electron chi connectivity index (χ4n) is 3.58. The number of rotatable bonds is 10. The van der Waals surface area contributed by atoms with Crippen LogP contribution in [-0.2, 0) is 20.2 Å². The van der Waals surface area contributed by atoms with E-state index in [1.165, 1.54) is 0 Å². The van der Waals surface area contributed by atoms with Crippen LogP contribution in [0.3, 0.4) is 0 Å². The predicted molar refractivity (Wildman–Crippen MR) is 163 cm³/mol. The molecule has 0 bridgehead atoms. The molecule has 45 heavy (non-hydrogen) atoms. The maximum atomic E-state index is 12.0. The van der Waals surface area contributed by atoms with Gasteiger partial charge in [-0.15, -0.1) is 0 Å². The van der Waals surface area contributed by atoms with Crippen molar-refractivity contribution in [3.8, 4) is 5.75 Å². The molecule has 0 radical (unpaired) electrons. The van der Waals surface area contributed by atoms with Crippen LogP contribution in [0, 0.1) is 0 Å². The summed E-state index contributed by atoms with van der Waals surface area (Å²) in [7, 11) is -9.56. The molecule has 0 aliphatic carbocycles. The first-order valence-electron chi connectivity index (χ1n) is 11.9. The number of benzene rings is 3. The van der Waals surface area contributed by atoms with Crippen molar-refractivity contribution in [1.82, 2.24) is 9.97 Å². The van der Waals surface area contributed by atoms with Crippen LogP contribution in [0.1, 0.15) is 22.0 Å². The zero-order valence-electron chi connectivity index (χ0n) is 21.9. The molecule has 1 heterocycles. The zero-order valence-corrected chi connectivity index (χ0v) is 25.8. The van der Waals surface area contributed by atoms with E-state index in [0.29, 0.717) is 11.6 Å². The van der Waals surface area contributed by atoms with E-state index < -0.39 is 59.0 Å². The molecule has 4 aromatic rings. The lowest BCUT2D eigenvalue weighted by atomic mass is 10.1. The summed E-state index contributed by atoms with van der Waals surface area (Å²) in [6.45, 7) is 0. The largest absolute Gasteiger partial charge is 0.504 e. The minimum Gasteiger partial charge on any atom is -0.504 e. The van der Waals surface area contributed by atoms with Gasteiger partial charge in [-0.1, -0.05) is 53.5 Å². The van der Waals surface area contributed by atoms with Crippen LogP contribution in [0.5, 0.6) is 5.75 Å². The minimum atomic E-state index is -4.85. The Morgan fingerprint density at radius 2 is 1.56 bits per heavy atom. The average Bonchev–Trinajstić information content (AvgIpc) is 2.96. The number of anilines is 2. The number of nitrogens with zero attached hydrogens (tertiary/aromatic N) is 5. The number of hydrogen-bond acceptors (Lipinski definition) is 12. The molecular formula is C25H17Cl3N6O9S2. The van der Waals surface area contributed by atoms with Crippen LogP contribution in [0.15, 0.2) is 85.7 Å². The molecule has 5 N–H and O–H groups in total. The number of carboxylic acids is 1. The molecule has 1 atom stereocenters. The second-order valence-electron chi connectivity index (χ2n) is 8.69. The number of phenolic OH excluding ortho intramolecular Hbond substituents is 1. The van der Waals surface area contributed by atoms with Gasteiger partial charge >= 0.3 is 5.97 Å². The molecule has 0 aliphatic heterocycles. The summed E-state index contributed by atoms with van der Waals surface area (Å²) in [5.74, 6) is -2.42. The van der Waals surface area contributed by atoms with Gasteiger partial charge in [0.2, 0.25) is 5.28 Å². The summed E-state index contributed by atoms with van der Waals surface area (Å²) in [6.07, 6.45) is 1.13. The fraction of sp³-hybridized carbons (Fsp3) is 0.0400. The third kappa shape index (κ3) is 8.28. The van der Waals surface area contributed by atoms with Crippen LogP contribution in [0.2, 0.25) is 15.5 Å². The van der Waals surface area contributed by atoms with Crippen LogP contribution >= 0.6 is 34.8 Å². The van der Waals surface area contributed by atoms with E-state index in [1.54, 1.807) is 30.3 Å². The molecule has 0 spiro atoms. The number of halogens is 3. The van der Waals surface area contributed by atoms with E-state index in [-0.39, 0.29) is 32.7 Å². The lowest BCUT2D eigenvalue weighted by molar-refractivity contribution is 0.0697. The van der Waals surface area contributed by atoms with E-state index in [0.717, 1.165) is 30.5 Å². The van der Waals surface area contributed by atoms with Crippen LogP contribution < -0.4 is 5.32 Å². The van der Waals surface area contributed by atoms with Gasteiger partial charge in [-0.2, -0.15) is 32.0 Å². The lowest BCUT2D eigenvalue weighted by Crippen LogP contribution is -2.03. The highest BCUT2D eigenvalue weighted by Crippen LogP contribution is 2.40. The monoisotopic (exact) mass is 714 g/mol. The number of aromatic hydroxyl groups is 1. The highest BCUT2D eigenvalue weighted by molar-refractivity contribution is 7.86. The highest BCUT2D eigenvalue weighted by Gasteiger charge is 2.21. The van der Waals surface area contributed by atoms with Crippen molar-refractivity contribution in [2.45, 2.75) is 15.8 Å². The second kappa shape index (κ2) is 13.4. The third-order valence-electron chi connectivity index (χ3n) is 5.68. The van der Waals surface area contributed by atoms with Crippen molar-refractivity contribution in [2.75, 3.05) is 5.32 Å². The first kappa shape index (κ1) is 33.7. The first-order valence-corrected chi connectivity index (χ1v) is 15.9. The Labute approximate surface area is 269 Å². The molecule has 15 nitrogen and oxygen atoms in total. The van der Waals surface area contributed by atoms with Crippen LogP contribution in [0.4, 0.5) is 22.9 Å². The fourth-order valence-corrected chi connectivity index (χ4v) is 5.13. The van der Waals surface area contributed by atoms with Gasteiger partial charge in [0, 0.05) is 6.21 Å². The number of hydrogen-bond donors (Lipinski definition) is 5. The summed E-state index contributed by atoms with van der Waals surface area (Å²) < 4.78 is 66.0. The standard InChI is InChI=1S/C25H17Cl3N6O9S2/c26-20-22(27)31-25(28)32-23(20)30-18-10-14(45(41,42)43)9-17(21(18)35)29-11-19(12-4-2-1-3-5-12)34-33-16-7-6-13(44(38,39)40)8-15(16)24(36)37/h1-11,19,35H,(H,36,37)(H,30,31,32)(H,38,39,40)(H,41,42,43). The maximum absolute atomic E-state index is 12.0. The van der Waals surface area contributed by atoms with Gasteiger partial charge in [0.15, 0.2) is 16.7 Å². The lowest BCUT2D eigenvalue weighted by Gasteiger charge is -2.13. The van der Waals surface area contributed by atoms with Crippen molar-refractivity contribution in [1.29, 1.82) is 0 Å². The van der Waals surface area contributed by atoms with E-state index in [4.69, 9.17) is 34.8 Å². The molecule has 234 valence electrons. The maximum Gasteiger partial charge on any atom is 0.338 e. The summed E-state index contributed by atoms with van der Waals surface area (Å²) in [4.78, 5) is 22.0. The summed E-state index contributed by atoms with van der Waals surface area (Å²) in [5, 5.41) is 30.3. The first-order chi connectivity index (χ1) is 21.0. The molecule has 1 aromatic heterocycles. The predicted octanol–water partition coefficient (Wildman–Crippen LogP) is 6.31. The van der Waals surface area contributed by atoms with Gasteiger partial charge < -0.3 is 15.5 Å². The van der Waals surface area contributed by atoms with Crippen molar-refractivity contribution >= 4 is 90.1 Å². The Hall–Kier alpha value is -4.23. The number of azo groups is 1. The summed E-state index contributed by atoms with van der Waals surface area (Å²) in [6, 6.07) is 11.5. The number of aromatic carboxylic acids is 1. The molecule has 0 saturated carbocycles. The SMILES string of the molecule is O=C(O)c1cc(S(=O)(=O)O)ccc1N=NC(C=Nc1cc(S(=O)(=O)O)cc(Nc2nc(Cl)nc(Cl)c2Cl)c1O)c1ccccc1. The third-order valence-corrected chi connectivity index (χ3v) is 8.26. The summed E-state index contributed by atoms with van der Waals surface area (Å²) in [5.41, 5.74) is -1.14. The molecule has 0 aliphatic rings. The molecule has 1 unspecified atom stereocenters. The Bertz CT molecular complexity index is 2080. The van der Waals surface area contributed by atoms with Gasteiger partial charge in [0.05, 0.1) is 26.7 Å². The van der Waals surface area contributed by atoms with Crippen molar-refractivity contribution < 1.29 is 40.9 Å². The van der Waals surface area contributed by atoms with E-state index in [9.17, 15) is 40.9 Å². The van der Waals surface area contributed by atoms with Gasteiger partial charge in [-0.05, 0) is 47.5 Å². The number of carbonyl (C=O) groups is 1. The quantitative estimate of drug-likeness (QED) is 0.0303. The van der Waals surface area contributed by atoms with E-state index in [2.05, 4.69) is 30.5 Å². The van der Waals surface area contributed by atoms with Crippen molar-refractivity contribution in [3.63, 3.8) is 0 Å². The molecule has 0 saturated heterocycles. The molecule has 20 heteroatoms. The van der Waals surface area contributed by atoms with Gasteiger partial charge in [-0.3, -0.25) is 14.1 Å². The molecule has 3 aromatic carbocycles. The normalized spacial score (nSPS) is 12.9. The summed E-state index contributed by atoms with van der Waals surface area (Å²) >= 11 is 17.8. The van der Waals surface area contributed by atoms with Crippen LogP contribution in [-0.4, -0.2) is 58.3 Å². The average molecular weight is 716 g/mol. The number of phenols is 1. The zero-order chi connectivity index (χ0) is 33.1. The molecule has 0 amide bonds. The minimum absolute atomic E-state index is 0.218. The number of nitrogens with one attached hydrogen (secondary N) is 1. The number of carboxylic acid groups (broad SMARTS) is 1. The Balaban J connectivity index is 1.80. The number of aromatic nitrogens is 2.